The van der Waals surface area contributed by atoms with Gasteiger partial charge in [-0.2, -0.15) is 5.10 Å². The quantitative estimate of drug-likeness (QED) is 0.518. The molecule has 1 atom stereocenters. The Hall–Kier alpha value is -1.06. The van der Waals surface area contributed by atoms with Gasteiger partial charge in [0.05, 0.1) is 11.1 Å². The van der Waals surface area contributed by atoms with E-state index in [-0.39, 0.29) is 5.91 Å². The van der Waals surface area contributed by atoms with Gasteiger partial charge < -0.3 is 0 Å². The average Bonchev–Trinajstić information content (AvgIpc) is 2.87. The molecule has 1 aliphatic carbocycles. The van der Waals surface area contributed by atoms with E-state index in [4.69, 9.17) is 23.2 Å². The number of carbonyl (C=O) groups excluding carboxylic acids is 1. The molecule has 1 aliphatic rings. The second kappa shape index (κ2) is 4.80. The SMILES string of the molecule is CC(=NNC(=O)C1(C)CC1(Cl)Cl)c1ccccc1C. The van der Waals surface area contributed by atoms with Crippen molar-refractivity contribution in [1.29, 1.82) is 0 Å². The Morgan fingerprint density at radius 3 is 2.47 bits per heavy atom. The van der Waals surface area contributed by atoms with E-state index in [2.05, 4.69) is 10.5 Å². The molecule has 19 heavy (non-hydrogen) atoms. The van der Waals surface area contributed by atoms with Crippen molar-refractivity contribution in [3.05, 3.63) is 35.4 Å². The molecule has 0 radical (unpaired) electrons. The van der Waals surface area contributed by atoms with E-state index in [0.29, 0.717) is 6.42 Å². The van der Waals surface area contributed by atoms with Gasteiger partial charge in [0.1, 0.15) is 4.33 Å². The second-order valence-corrected chi connectivity index (χ2v) is 6.65. The van der Waals surface area contributed by atoms with Gasteiger partial charge in [0, 0.05) is 5.56 Å². The minimum Gasteiger partial charge on any atom is -0.272 e. The number of nitrogens with one attached hydrogen (secondary N) is 1. The molecule has 1 fully saturated rings. The Kier molecular flexibility index (Phi) is 3.63. The van der Waals surface area contributed by atoms with E-state index in [9.17, 15) is 4.79 Å². The van der Waals surface area contributed by atoms with Crippen LogP contribution in [0.25, 0.3) is 0 Å². The lowest BCUT2D eigenvalue weighted by atomic mass is 10.1. The van der Waals surface area contributed by atoms with Gasteiger partial charge in [-0.3, -0.25) is 4.79 Å². The van der Waals surface area contributed by atoms with Crippen molar-refractivity contribution >= 4 is 34.8 Å². The summed E-state index contributed by atoms with van der Waals surface area (Å²) in [4.78, 5) is 12.0. The monoisotopic (exact) mass is 298 g/mol. The Balaban J connectivity index is 2.08. The van der Waals surface area contributed by atoms with Crippen molar-refractivity contribution in [2.45, 2.75) is 31.5 Å². The molecule has 0 spiro atoms. The fraction of sp³-hybridized carbons (Fsp3) is 0.429. The van der Waals surface area contributed by atoms with Gasteiger partial charge in [0.15, 0.2) is 0 Å². The molecule has 0 heterocycles. The molecule has 0 aromatic heterocycles. The fourth-order valence-electron chi connectivity index (χ4n) is 1.94. The lowest BCUT2D eigenvalue weighted by Crippen LogP contribution is -2.30. The number of benzene rings is 1. The van der Waals surface area contributed by atoms with Crippen LogP contribution in [0.2, 0.25) is 0 Å². The van der Waals surface area contributed by atoms with E-state index in [0.717, 1.165) is 16.8 Å². The lowest BCUT2D eigenvalue weighted by Gasteiger charge is -2.10. The number of hydrogen-bond acceptors (Lipinski definition) is 2. The maximum absolute atomic E-state index is 12.0. The van der Waals surface area contributed by atoms with Crippen LogP contribution in [0.3, 0.4) is 0 Å². The third-order valence-electron chi connectivity index (χ3n) is 3.62. The first-order valence-electron chi connectivity index (χ1n) is 6.06. The molecule has 3 nitrogen and oxygen atoms in total. The van der Waals surface area contributed by atoms with E-state index in [1.54, 1.807) is 6.92 Å². The molecule has 0 bridgehead atoms. The predicted octanol–water partition coefficient (Wildman–Crippen LogP) is 3.42. The normalized spacial score (nSPS) is 25.0. The summed E-state index contributed by atoms with van der Waals surface area (Å²) in [5.74, 6) is -0.245. The summed E-state index contributed by atoms with van der Waals surface area (Å²) in [5.41, 5.74) is 4.67. The molecule has 0 saturated heterocycles. The van der Waals surface area contributed by atoms with Gasteiger partial charge >= 0.3 is 0 Å². The summed E-state index contributed by atoms with van der Waals surface area (Å²) < 4.78 is -0.969. The van der Waals surface area contributed by atoms with Crippen LogP contribution < -0.4 is 5.43 Å². The van der Waals surface area contributed by atoms with Crippen LogP contribution in [-0.4, -0.2) is 16.0 Å². The van der Waals surface area contributed by atoms with Crippen LogP contribution in [0.15, 0.2) is 29.4 Å². The molecule has 1 amide bonds. The van der Waals surface area contributed by atoms with E-state index in [1.807, 2.05) is 38.1 Å². The summed E-state index contributed by atoms with van der Waals surface area (Å²) in [5, 5.41) is 4.13. The average molecular weight is 299 g/mol. The molecule has 1 saturated carbocycles. The van der Waals surface area contributed by atoms with Crippen molar-refractivity contribution in [1.82, 2.24) is 5.43 Å². The predicted molar refractivity (Wildman–Crippen MR) is 78.7 cm³/mol. The zero-order valence-corrected chi connectivity index (χ0v) is 12.6. The second-order valence-electron chi connectivity index (χ2n) is 5.17. The van der Waals surface area contributed by atoms with Crippen LogP contribution in [0.1, 0.15) is 31.4 Å². The van der Waals surface area contributed by atoms with E-state index < -0.39 is 9.75 Å². The van der Waals surface area contributed by atoms with Gasteiger partial charge in [0.2, 0.25) is 5.91 Å². The van der Waals surface area contributed by atoms with Crippen LogP contribution in [0, 0.1) is 12.3 Å². The van der Waals surface area contributed by atoms with E-state index >= 15 is 0 Å². The van der Waals surface area contributed by atoms with Crippen LogP contribution in [0.5, 0.6) is 0 Å². The van der Waals surface area contributed by atoms with Gasteiger partial charge in [-0.25, -0.2) is 5.43 Å². The zero-order chi connectivity index (χ0) is 14.3. The first-order valence-corrected chi connectivity index (χ1v) is 6.82. The molecule has 102 valence electrons. The summed E-state index contributed by atoms with van der Waals surface area (Å²) >= 11 is 11.9. The molecule has 2 rings (SSSR count). The van der Waals surface area contributed by atoms with Gasteiger partial charge in [-0.15, -0.1) is 23.2 Å². The van der Waals surface area contributed by atoms with Crippen LogP contribution in [0.4, 0.5) is 0 Å². The first kappa shape index (κ1) is 14.4. The van der Waals surface area contributed by atoms with Crippen LogP contribution >= 0.6 is 23.2 Å². The number of hydrazone groups is 1. The molecule has 1 aromatic rings. The number of amides is 1. The third-order valence-corrected chi connectivity index (χ3v) is 4.72. The van der Waals surface area contributed by atoms with Crippen molar-refractivity contribution < 1.29 is 4.79 Å². The van der Waals surface area contributed by atoms with Crippen molar-refractivity contribution in [3.63, 3.8) is 0 Å². The number of hydrogen-bond donors (Lipinski definition) is 1. The Bertz CT molecular complexity index is 554. The molecule has 1 aromatic carbocycles. The van der Waals surface area contributed by atoms with Crippen molar-refractivity contribution in [3.8, 4) is 0 Å². The number of aryl methyl sites for hydroxylation is 1. The summed E-state index contributed by atoms with van der Waals surface area (Å²) in [6.45, 7) is 5.59. The smallest absolute Gasteiger partial charge is 0.249 e. The third kappa shape index (κ3) is 2.63. The Morgan fingerprint density at radius 2 is 1.95 bits per heavy atom. The maximum atomic E-state index is 12.0. The minimum atomic E-state index is -0.969. The number of nitrogens with zero attached hydrogens (tertiary/aromatic N) is 1. The maximum Gasteiger partial charge on any atom is 0.249 e. The summed E-state index contributed by atoms with van der Waals surface area (Å²) in [7, 11) is 0. The standard InChI is InChI=1S/C14H16Cl2N2O/c1-9-6-4-5-7-11(9)10(2)17-18-12(19)13(3)8-14(13,15)16/h4-7H,8H2,1-3H3,(H,18,19). The van der Waals surface area contributed by atoms with E-state index in [1.165, 1.54) is 0 Å². The topological polar surface area (TPSA) is 41.5 Å². The van der Waals surface area contributed by atoms with Crippen LogP contribution in [-0.2, 0) is 4.79 Å². The number of carbonyl (C=O) groups is 1. The summed E-state index contributed by atoms with van der Waals surface area (Å²) in [6, 6.07) is 7.87. The lowest BCUT2D eigenvalue weighted by molar-refractivity contribution is -0.125. The largest absolute Gasteiger partial charge is 0.272 e. The highest BCUT2D eigenvalue weighted by molar-refractivity contribution is 6.53. The molecular formula is C14H16Cl2N2O. The molecule has 0 aliphatic heterocycles. The van der Waals surface area contributed by atoms with Gasteiger partial charge in [-0.1, -0.05) is 24.3 Å². The van der Waals surface area contributed by atoms with Crippen molar-refractivity contribution in [2.24, 2.45) is 10.5 Å². The molecule has 1 N–H and O–H groups in total. The minimum absolute atomic E-state index is 0.245. The highest BCUT2D eigenvalue weighted by atomic mass is 35.5. The Morgan fingerprint density at radius 1 is 1.37 bits per heavy atom. The molecular weight excluding hydrogens is 283 g/mol. The Labute approximate surface area is 123 Å². The highest BCUT2D eigenvalue weighted by Gasteiger charge is 2.68. The summed E-state index contributed by atoms with van der Waals surface area (Å²) in [6.07, 6.45) is 0.452. The fourth-order valence-corrected chi connectivity index (χ4v) is 2.65. The molecule has 5 heteroatoms. The van der Waals surface area contributed by atoms with Crippen molar-refractivity contribution in [2.75, 3.05) is 0 Å². The number of halogens is 2. The van der Waals surface area contributed by atoms with Gasteiger partial charge in [0.25, 0.3) is 0 Å². The zero-order valence-electron chi connectivity index (χ0n) is 11.1. The number of rotatable bonds is 3. The first-order chi connectivity index (χ1) is 8.78. The van der Waals surface area contributed by atoms with Gasteiger partial charge in [-0.05, 0) is 32.8 Å². The highest BCUT2D eigenvalue weighted by Crippen LogP contribution is 2.63. The molecule has 1 unspecified atom stereocenters. The number of alkyl halides is 2.